The van der Waals surface area contributed by atoms with E-state index in [4.69, 9.17) is 9.47 Å². The lowest BCUT2D eigenvalue weighted by atomic mass is 10.2. The first kappa shape index (κ1) is 22.0. The Morgan fingerprint density at radius 2 is 2.13 bits per heavy atom. The van der Waals surface area contributed by atoms with E-state index in [1.54, 1.807) is 16.4 Å². The average Bonchev–Trinajstić information content (AvgIpc) is 3.30. The van der Waals surface area contributed by atoms with E-state index in [1.165, 1.54) is 6.20 Å². The van der Waals surface area contributed by atoms with Gasteiger partial charge in [0, 0.05) is 25.2 Å². The molecule has 1 aromatic heterocycles. The minimum absolute atomic E-state index is 0.0790. The largest absolute Gasteiger partial charge is 0.470 e. The van der Waals surface area contributed by atoms with Crippen molar-refractivity contribution in [2.75, 3.05) is 24.1 Å². The molecule has 2 heterocycles. The fourth-order valence-electron chi connectivity index (χ4n) is 2.87. The van der Waals surface area contributed by atoms with Crippen LogP contribution in [-0.4, -0.2) is 53.3 Å². The van der Waals surface area contributed by atoms with Crippen LogP contribution in [-0.2, 0) is 27.0 Å². The molecule has 0 saturated carbocycles. The van der Waals surface area contributed by atoms with Crippen molar-refractivity contribution in [1.82, 2.24) is 4.98 Å². The topological polar surface area (TPSA) is 76.4 Å². The molecule has 160 valence electrons. The molecule has 10 heteroatoms. The number of para-hydroxylation sites is 1. The fraction of sp³-hybridized carbons (Fsp3) is 0.350. The quantitative estimate of drug-likeness (QED) is 0.344. The van der Waals surface area contributed by atoms with E-state index in [-0.39, 0.29) is 11.1 Å². The first-order chi connectivity index (χ1) is 14.6. The minimum Gasteiger partial charge on any atom is -0.470 e. The molecule has 1 fully saturated rings. The molecule has 30 heavy (non-hydrogen) atoms. The smallest absolute Gasteiger partial charge is 0.272 e. The number of benzene rings is 1. The lowest BCUT2D eigenvalue weighted by Crippen LogP contribution is -2.33. The Balaban J connectivity index is 1.78. The number of rotatable bonds is 9. The molecule has 0 amide bonds. The zero-order chi connectivity index (χ0) is 21.3. The molecule has 0 spiro atoms. The van der Waals surface area contributed by atoms with Crippen molar-refractivity contribution in [1.29, 1.82) is 0 Å². The number of hydrogen-bond acceptors (Lipinski definition) is 6. The van der Waals surface area contributed by atoms with Crippen molar-refractivity contribution in [3.63, 3.8) is 0 Å². The first-order valence-electron chi connectivity index (χ1n) is 9.29. The molecule has 0 radical (unpaired) electrons. The number of halogens is 2. The van der Waals surface area contributed by atoms with E-state index in [0.29, 0.717) is 31.0 Å². The third-order valence-electron chi connectivity index (χ3n) is 4.32. The molecule has 1 aromatic carbocycles. The second-order valence-corrected chi connectivity index (χ2v) is 8.08. The van der Waals surface area contributed by atoms with Crippen molar-refractivity contribution in [3.8, 4) is 0 Å². The molecule has 1 aliphatic rings. The Morgan fingerprint density at radius 1 is 1.33 bits per heavy atom. The summed E-state index contributed by atoms with van der Waals surface area (Å²) in [6, 6.07) is 12.8. The van der Waals surface area contributed by atoms with Crippen LogP contribution in [0, 0.1) is 0 Å². The van der Waals surface area contributed by atoms with E-state index in [0.717, 1.165) is 12.1 Å². The summed E-state index contributed by atoms with van der Waals surface area (Å²) in [7, 11) is -1.30. The number of aromatic nitrogens is 1. The van der Waals surface area contributed by atoms with Crippen molar-refractivity contribution >= 4 is 29.3 Å². The number of pyridine rings is 1. The molecule has 2 aromatic rings. The predicted octanol–water partition coefficient (Wildman–Crippen LogP) is 3.18. The summed E-state index contributed by atoms with van der Waals surface area (Å²) >= 11 is 0. The summed E-state index contributed by atoms with van der Waals surface area (Å²) in [6.45, 7) is 3.78. The number of ether oxygens (including phenoxy) is 2. The third-order valence-corrected chi connectivity index (χ3v) is 6.04. The van der Waals surface area contributed by atoms with Crippen LogP contribution in [0.1, 0.15) is 17.7 Å². The van der Waals surface area contributed by atoms with E-state index in [9.17, 15) is 13.0 Å². The Labute approximate surface area is 176 Å². The van der Waals surface area contributed by atoms with Gasteiger partial charge in [0.1, 0.15) is 11.0 Å². The maximum atomic E-state index is 13.2. The summed E-state index contributed by atoms with van der Waals surface area (Å²) in [4.78, 5) is 4.37. The molecule has 2 atom stereocenters. The zero-order valence-electron chi connectivity index (χ0n) is 16.2. The zero-order valence-corrected chi connectivity index (χ0v) is 17.0. The standard InChI is InChI=1S/C20H22F2N4O3S/c1-23-25-20(29-14-19(21)22)15-7-8-16(24-11-15)12-26(17-5-3-2-4-6-17)30(27)18-9-10-28-13-18/h2-8,11,18-19H,1,9-10,12-14H2/b25-20-. The molecule has 1 saturated heterocycles. The molecule has 7 nitrogen and oxygen atoms in total. The van der Waals surface area contributed by atoms with Gasteiger partial charge in [-0.3, -0.25) is 9.29 Å². The SMILES string of the molecule is C=N/N=C(\OCC(F)F)c1ccc(CN(c2ccccc2)S(=O)C2CCOC2)nc1. The molecule has 0 N–H and O–H groups in total. The third kappa shape index (κ3) is 5.90. The Morgan fingerprint density at radius 3 is 2.73 bits per heavy atom. The van der Waals surface area contributed by atoms with Crippen molar-refractivity contribution in [2.45, 2.75) is 24.6 Å². The van der Waals surface area contributed by atoms with Gasteiger partial charge in [-0.25, -0.2) is 13.0 Å². The summed E-state index contributed by atoms with van der Waals surface area (Å²) in [5.74, 6) is -0.0871. The highest BCUT2D eigenvalue weighted by Gasteiger charge is 2.28. The van der Waals surface area contributed by atoms with Crippen molar-refractivity contribution in [3.05, 3.63) is 59.9 Å². The van der Waals surface area contributed by atoms with Crippen molar-refractivity contribution < 1.29 is 22.5 Å². The highest BCUT2D eigenvalue weighted by atomic mass is 32.2. The summed E-state index contributed by atoms with van der Waals surface area (Å²) in [5.41, 5.74) is 1.85. The van der Waals surface area contributed by atoms with Gasteiger partial charge in [0.15, 0.2) is 6.61 Å². The highest BCUT2D eigenvalue weighted by Crippen LogP contribution is 2.23. The minimum atomic E-state index is -2.64. The fourth-order valence-corrected chi connectivity index (χ4v) is 4.33. The average molecular weight is 436 g/mol. The second-order valence-electron chi connectivity index (χ2n) is 6.42. The lowest BCUT2D eigenvalue weighted by Gasteiger charge is -2.25. The van der Waals surface area contributed by atoms with Gasteiger partial charge in [-0.2, -0.15) is 5.10 Å². The number of anilines is 1. The van der Waals surface area contributed by atoms with Crippen LogP contribution in [0.2, 0.25) is 0 Å². The maximum Gasteiger partial charge on any atom is 0.272 e. The molecule has 0 aliphatic carbocycles. The summed E-state index contributed by atoms with van der Waals surface area (Å²) < 4.78 is 50.2. The summed E-state index contributed by atoms with van der Waals surface area (Å²) in [6.07, 6.45) is -0.450. The molecule has 2 unspecified atom stereocenters. The predicted molar refractivity (Wildman–Crippen MR) is 112 cm³/mol. The number of hydrogen-bond donors (Lipinski definition) is 0. The monoisotopic (exact) mass is 436 g/mol. The van der Waals surface area contributed by atoms with E-state index < -0.39 is 24.0 Å². The Kier molecular flexibility index (Phi) is 7.97. The van der Waals surface area contributed by atoms with Crippen LogP contribution in [0.25, 0.3) is 0 Å². The van der Waals surface area contributed by atoms with Gasteiger partial charge in [0.05, 0.1) is 29.7 Å². The van der Waals surface area contributed by atoms with E-state index in [1.807, 2.05) is 30.3 Å². The molecule has 1 aliphatic heterocycles. The molecule has 0 bridgehead atoms. The second kappa shape index (κ2) is 10.9. The first-order valence-corrected chi connectivity index (χ1v) is 10.5. The van der Waals surface area contributed by atoms with Crippen LogP contribution >= 0.6 is 0 Å². The van der Waals surface area contributed by atoms with Gasteiger partial charge in [0.25, 0.3) is 6.43 Å². The van der Waals surface area contributed by atoms with Crippen LogP contribution < -0.4 is 4.31 Å². The van der Waals surface area contributed by atoms with Gasteiger partial charge in [-0.1, -0.05) is 18.2 Å². The lowest BCUT2D eigenvalue weighted by molar-refractivity contribution is 0.0765. The molecular formula is C20H22F2N4O3S. The van der Waals surface area contributed by atoms with Crippen LogP contribution in [0.4, 0.5) is 14.5 Å². The molecule has 3 rings (SSSR count). The highest BCUT2D eigenvalue weighted by molar-refractivity contribution is 7.87. The van der Waals surface area contributed by atoms with Gasteiger partial charge in [-0.05, 0) is 30.7 Å². The van der Waals surface area contributed by atoms with Gasteiger partial charge >= 0.3 is 0 Å². The van der Waals surface area contributed by atoms with Gasteiger partial charge < -0.3 is 9.47 Å². The number of alkyl halides is 2. The normalized spacial score (nSPS) is 17.7. The van der Waals surface area contributed by atoms with Crippen LogP contribution in [0.5, 0.6) is 0 Å². The van der Waals surface area contributed by atoms with Crippen molar-refractivity contribution in [2.24, 2.45) is 10.2 Å². The van der Waals surface area contributed by atoms with Crippen LogP contribution in [0.15, 0.2) is 58.9 Å². The Hall–Kier alpha value is -2.72. The maximum absolute atomic E-state index is 13.2. The molecular weight excluding hydrogens is 414 g/mol. The number of nitrogens with zero attached hydrogens (tertiary/aromatic N) is 4. The summed E-state index contributed by atoms with van der Waals surface area (Å²) in [5, 5.41) is 6.92. The Bertz CT molecular complexity index is 875. The van der Waals surface area contributed by atoms with E-state index >= 15 is 0 Å². The van der Waals surface area contributed by atoms with Gasteiger partial charge in [0.2, 0.25) is 5.90 Å². The van der Waals surface area contributed by atoms with E-state index in [2.05, 4.69) is 21.9 Å². The van der Waals surface area contributed by atoms with Gasteiger partial charge in [-0.15, -0.1) is 5.10 Å². The van der Waals surface area contributed by atoms with Crippen LogP contribution in [0.3, 0.4) is 0 Å².